The second-order valence-corrected chi connectivity index (χ2v) is 5.85. The molecular formula is C20H18N2O5. The number of nitro benzene ring substituents is 1. The van der Waals surface area contributed by atoms with Crippen LogP contribution in [0.1, 0.15) is 11.3 Å². The number of carbonyl (C=O) groups is 1. The molecule has 1 aromatic heterocycles. The maximum absolute atomic E-state index is 12.7. The molecule has 1 amide bonds. The van der Waals surface area contributed by atoms with E-state index in [1.54, 1.807) is 17.2 Å². The van der Waals surface area contributed by atoms with Crippen LogP contribution in [0, 0.1) is 10.1 Å². The summed E-state index contributed by atoms with van der Waals surface area (Å²) in [5, 5.41) is 10.7. The van der Waals surface area contributed by atoms with Crippen LogP contribution >= 0.6 is 0 Å². The molecule has 0 spiro atoms. The third-order valence-electron chi connectivity index (χ3n) is 3.91. The number of ether oxygens (including phenoxy) is 1. The normalized spacial score (nSPS) is 10.4. The van der Waals surface area contributed by atoms with Gasteiger partial charge in [-0.25, -0.2) is 0 Å². The van der Waals surface area contributed by atoms with Gasteiger partial charge in [0.05, 0.1) is 17.7 Å². The summed E-state index contributed by atoms with van der Waals surface area (Å²) in [6.45, 7) is 0.569. The Morgan fingerprint density at radius 2 is 1.74 bits per heavy atom. The van der Waals surface area contributed by atoms with Crippen molar-refractivity contribution in [2.45, 2.75) is 13.1 Å². The molecule has 1 heterocycles. The van der Waals surface area contributed by atoms with Gasteiger partial charge in [-0.05, 0) is 29.8 Å². The monoisotopic (exact) mass is 366 g/mol. The summed E-state index contributed by atoms with van der Waals surface area (Å²) in [6, 6.07) is 18.8. The summed E-state index contributed by atoms with van der Waals surface area (Å²) in [7, 11) is 0. The summed E-state index contributed by atoms with van der Waals surface area (Å²) in [4.78, 5) is 24.5. The van der Waals surface area contributed by atoms with Crippen molar-refractivity contribution < 1.29 is 18.9 Å². The van der Waals surface area contributed by atoms with Gasteiger partial charge < -0.3 is 14.1 Å². The molecule has 7 heteroatoms. The van der Waals surface area contributed by atoms with E-state index >= 15 is 0 Å². The fraction of sp³-hybridized carbons (Fsp3) is 0.150. The molecule has 0 bridgehead atoms. The van der Waals surface area contributed by atoms with E-state index in [1.807, 2.05) is 36.4 Å². The Balaban J connectivity index is 1.65. The molecule has 0 aliphatic carbocycles. The van der Waals surface area contributed by atoms with Gasteiger partial charge in [0.15, 0.2) is 6.61 Å². The topological polar surface area (TPSA) is 85.8 Å². The number of hydrogen-bond donors (Lipinski definition) is 0. The molecule has 138 valence electrons. The van der Waals surface area contributed by atoms with E-state index in [-0.39, 0.29) is 18.2 Å². The average molecular weight is 366 g/mol. The SMILES string of the molecule is O=C(COc1ccc([N+](=O)[O-])cc1)N(Cc1ccccc1)Cc1ccco1. The van der Waals surface area contributed by atoms with Gasteiger partial charge in [0.1, 0.15) is 11.5 Å². The molecule has 0 aliphatic heterocycles. The third kappa shape index (κ3) is 5.18. The van der Waals surface area contributed by atoms with E-state index < -0.39 is 4.92 Å². The highest BCUT2D eigenvalue weighted by atomic mass is 16.6. The average Bonchev–Trinajstić information content (AvgIpc) is 3.20. The van der Waals surface area contributed by atoms with E-state index in [2.05, 4.69) is 0 Å². The van der Waals surface area contributed by atoms with E-state index in [1.165, 1.54) is 24.3 Å². The Labute approximate surface area is 155 Å². The predicted molar refractivity (Wildman–Crippen MR) is 98.0 cm³/mol. The summed E-state index contributed by atoms with van der Waals surface area (Å²) in [5.41, 5.74) is 0.963. The molecule has 3 rings (SSSR count). The van der Waals surface area contributed by atoms with Crippen molar-refractivity contribution >= 4 is 11.6 Å². The maximum atomic E-state index is 12.7. The zero-order valence-corrected chi connectivity index (χ0v) is 14.5. The molecule has 0 saturated carbocycles. The minimum atomic E-state index is -0.486. The minimum Gasteiger partial charge on any atom is -0.484 e. The van der Waals surface area contributed by atoms with Crippen molar-refractivity contribution in [3.63, 3.8) is 0 Å². The Hall–Kier alpha value is -3.61. The summed E-state index contributed by atoms with van der Waals surface area (Å²) in [6.07, 6.45) is 1.56. The molecule has 2 aromatic carbocycles. The number of nitro groups is 1. The summed E-state index contributed by atoms with van der Waals surface area (Å²) < 4.78 is 10.8. The van der Waals surface area contributed by atoms with Gasteiger partial charge in [0.2, 0.25) is 0 Å². The standard InChI is InChI=1S/C20H18N2O5/c23-20(15-27-18-10-8-17(9-11-18)22(24)25)21(14-19-7-4-12-26-19)13-16-5-2-1-3-6-16/h1-12H,13-15H2. The molecule has 0 unspecified atom stereocenters. The lowest BCUT2D eigenvalue weighted by Gasteiger charge is -2.22. The van der Waals surface area contributed by atoms with E-state index in [4.69, 9.17) is 9.15 Å². The van der Waals surface area contributed by atoms with Gasteiger partial charge in [-0.2, -0.15) is 0 Å². The number of non-ortho nitro benzene ring substituents is 1. The highest BCUT2D eigenvalue weighted by Gasteiger charge is 2.17. The van der Waals surface area contributed by atoms with Crippen molar-refractivity contribution in [1.29, 1.82) is 0 Å². The van der Waals surface area contributed by atoms with E-state index in [9.17, 15) is 14.9 Å². The van der Waals surface area contributed by atoms with Crippen molar-refractivity contribution in [3.05, 3.63) is 94.4 Å². The van der Waals surface area contributed by atoms with E-state index in [0.29, 0.717) is 24.6 Å². The molecular weight excluding hydrogens is 348 g/mol. The van der Waals surface area contributed by atoms with E-state index in [0.717, 1.165) is 5.56 Å². The van der Waals surface area contributed by atoms with Crippen LogP contribution in [0.15, 0.2) is 77.4 Å². The first-order chi connectivity index (χ1) is 13.1. The van der Waals surface area contributed by atoms with Crippen LogP contribution in [-0.2, 0) is 17.9 Å². The van der Waals surface area contributed by atoms with Crippen molar-refractivity contribution in [1.82, 2.24) is 4.90 Å². The highest BCUT2D eigenvalue weighted by molar-refractivity contribution is 5.77. The third-order valence-corrected chi connectivity index (χ3v) is 3.91. The first kappa shape index (κ1) is 18.2. The lowest BCUT2D eigenvalue weighted by molar-refractivity contribution is -0.384. The minimum absolute atomic E-state index is 0.0304. The van der Waals surface area contributed by atoms with Crippen LogP contribution < -0.4 is 4.74 Å². The van der Waals surface area contributed by atoms with Gasteiger partial charge in [0, 0.05) is 18.7 Å². The lowest BCUT2D eigenvalue weighted by Crippen LogP contribution is -2.34. The molecule has 7 nitrogen and oxygen atoms in total. The molecule has 0 fully saturated rings. The quantitative estimate of drug-likeness (QED) is 0.447. The van der Waals surface area contributed by atoms with Gasteiger partial charge in [-0.3, -0.25) is 14.9 Å². The second-order valence-electron chi connectivity index (χ2n) is 5.85. The Bertz CT molecular complexity index is 877. The molecule has 0 saturated heterocycles. The first-order valence-electron chi connectivity index (χ1n) is 8.33. The second kappa shape index (κ2) is 8.66. The van der Waals surface area contributed by atoms with Crippen molar-refractivity contribution in [3.8, 4) is 5.75 Å². The van der Waals surface area contributed by atoms with Crippen LogP contribution in [-0.4, -0.2) is 22.3 Å². The number of nitrogens with zero attached hydrogens (tertiary/aromatic N) is 2. The molecule has 0 N–H and O–H groups in total. The molecule has 3 aromatic rings. The van der Waals surface area contributed by atoms with Gasteiger partial charge in [-0.15, -0.1) is 0 Å². The number of carbonyl (C=O) groups excluding carboxylic acids is 1. The Morgan fingerprint density at radius 3 is 2.37 bits per heavy atom. The number of hydrogen-bond acceptors (Lipinski definition) is 5. The summed E-state index contributed by atoms with van der Waals surface area (Å²) >= 11 is 0. The first-order valence-corrected chi connectivity index (χ1v) is 8.33. The molecule has 27 heavy (non-hydrogen) atoms. The Kier molecular flexibility index (Phi) is 5.84. The van der Waals surface area contributed by atoms with Gasteiger partial charge in [-0.1, -0.05) is 30.3 Å². The molecule has 0 radical (unpaired) electrons. The molecule has 0 atom stereocenters. The predicted octanol–water partition coefficient (Wildman–Crippen LogP) is 3.80. The molecule has 0 aliphatic rings. The fourth-order valence-electron chi connectivity index (χ4n) is 2.53. The number of rotatable bonds is 8. The zero-order chi connectivity index (χ0) is 19.1. The largest absolute Gasteiger partial charge is 0.484 e. The van der Waals surface area contributed by atoms with Gasteiger partial charge >= 0.3 is 0 Å². The van der Waals surface area contributed by atoms with Crippen LogP contribution in [0.4, 0.5) is 5.69 Å². The van der Waals surface area contributed by atoms with Crippen LogP contribution in [0.25, 0.3) is 0 Å². The van der Waals surface area contributed by atoms with Crippen LogP contribution in [0.3, 0.4) is 0 Å². The lowest BCUT2D eigenvalue weighted by atomic mass is 10.2. The highest BCUT2D eigenvalue weighted by Crippen LogP contribution is 2.18. The van der Waals surface area contributed by atoms with Crippen molar-refractivity contribution in [2.75, 3.05) is 6.61 Å². The van der Waals surface area contributed by atoms with Crippen LogP contribution in [0.5, 0.6) is 5.75 Å². The van der Waals surface area contributed by atoms with Crippen molar-refractivity contribution in [2.24, 2.45) is 0 Å². The maximum Gasteiger partial charge on any atom is 0.269 e. The number of amides is 1. The fourth-order valence-corrected chi connectivity index (χ4v) is 2.53. The Morgan fingerprint density at radius 1 is 1.00 bits per heavy atom. The zero-order valence-electron chi connectivity index (χ0n) is 14.5. The number of benzene rings is 2. The smallest absolute Gasteiger partial charge is 0.269 e. The van der Waals surface area contributed by atoms with Crippen LogP contribution in [0.2, 0.25) is 0 Å². The summed E-state index contributed by atoms with van der Waals surface area (Å²) in [5.74, 6) is 0.856. The van der Waals surface area contributed by atoms with Gasteiger partial charge in [0.25, 0.3) is 11.6 Å². The number of furan rings is 1.